The Kier molecular flexibility index (Phi) is 5.62. The van der Waals surface area contributed by atoms with E-state index in [1.807, 2.05) is 0 Å². The number of nitrogens with zero attached hydrogens (tertiary/aromatic N) is 2. The Labute approximate surface area is 151 Å². The number of fused-ring (bicyclic) bond motifs is 1. The molecule has 25 heavy (non-hydrogen) atoms. The molecule has 0 bridgehead atoms. The molecule has 0 aromatic heterocycles. The molecule has 0 spiro atoms. The number of ether oxygens (including phenoxy) is 1. The smallest absolute Gasteiger partial charge is 0.123 e. The number of likely N-dealkylation sites (tertiary alicyclic amines) is 1. The summed E-state index contributed by atoms with van der Waals surface area (Å²) in [7, 11) is 5.92. The van der Waals surface area contributed by atoms with Gasteiger partial charge in [0.1, 0.15) is 5.75 Å². The molecule has 2 aromatic rings. The van der Waals surface area contributed by atoms with E-state index in [2.05, 4.69) is 60.3 Å². The van der Waals surface area contributed by atoms with Gasteiger partial charge in [-0.05, 0) is 56.9 Å². The summed E-state index contributed by atoms with van der Waals surface area (Å²) in [6, 6.07) is 12.7. The van der Waals surface area contributed by atoms with Crippen molar-refractivity contribution in [3.05, 3.63) is 42.0 Å². The molecular weight excluding hydrogens is 312 g/mol. The lowest BCUT2D eigenvalue weighted by Crippen LogP contribution is -2.46. The van der Waals surface area contributed by atoms with Crippen LogP contribution >= 0.6 is 0 Å². The van der Waals surface area contributed by atoms with Crippen LogP contribution in [0, 0.1) is 5.41 Å². The van der Waals surface area contributed by atoms with Crippen LogP contribution in [0.15, 0.2) is 36.4 Å². The summed E-state index contributed by atoms with van der Waals surface area (Å²) in [6.45, 7) is 4.15. The van der Waals surface area contributed by atoms with Gasteiger partial charge in [0, 0.05) is 24.1 Å². The zero-order valence-corrected chi connectivity index (χ0v) is 15.7. The molecule has 0 unspecified atom stereocenters. The van der Waals surface area contributed by atoms with E-state index in [1.54, 1.807) is 7.11 Å². The molecule has 2 aromatic carbocycles. The van der Waals surface area contributed by atoms with Crippen molar-refractivity contribution in [3.8, 4) is 5.75 Å². The number of aliphatic hydroxyl groups excluding tert-OH is 1. The fourth-order valence-electron chi connectivity index (χ4n) is 4.12. The second-order valence-corrected chi connectivity index (χ2v) is 7.64. The van der Waals surface area contributed by atoms with Crippen molar-refractivity contribution in [3.63, 3.8) is 0 Å². The minimum Gasteiger partial charge on any atom is -0.496 e. The molecule has 136 valence electrons. The third kappa shape index (κ3) is 3.97. The molecule has 0 saturated carbocycles. The van der Waals surface area contributed by atoms with Gasteiger partial charge < -0.3 is 14.7 Å². The molecule has 1 aliphatic rings. The van der Waals surface area contributed by atoms with E-state index in [0.29, 0.717) is 0 Å². The van der Waals surface area contributed by atoms with Crippen LogP contribution in [0.4, 0.5) is 0 Å². The van der Waals surface area contributed by atoms with Crippen molar-refractivity contribution in [2.75, 3.05) is 47.4 Å². The first kappa shape index (κ1) is 18.2. The van der Waals surface area contributed by atoms with Crippen molar-refractivity contribution in [1.82, 2.24) is 9.80 Å². The standard InChI is InChI=1S/C21H30N2O2/c1-22(2)15-21(16-24)10-12-23(13-11-21)14-19-18-7-5-4-6-17(18)8-9-20(19)25-3/h4-9,24H,10-16H2,1-3H3. The molecule has 0 amide bonds. The predicted octanol–water partition coefficient (Wildman–Crippen LogP) is 2.98. The van der Waals surface area contributed by atoms with Crippen molar-refractivity contribution in [2.24, 2.45) is 5.41 Å². The maximum atomic E-state index is 9.92. The highest BCUT2D eigenvalue weighted by Gasteiger charge is 2.34. The number of rotatable bonds is 6. The number of benzene rings is 2. The number of hydrogen-bond donors (Lipinski definition) is 1. The van der Waals surface area contributed by atoms with E-state index in [9.17, 15) is 5.11 Å². The van der Waals surface area contributed by atoms with Crippen LogP contribution in [0.1, 0.15) is 18.4 Å². The average Bonchev–Trinajstić information content (AvgIpc) is 2.63. The Morgan fingerprint density at radius 2 is 1.84 bits per heavy atom. The highest BCUT2D eigenvalue weighted by atomic mass is 16.5. The quantitative estimate of drug-likeness (QED) is 0.875. The van der Waals surface area contributed by atoms with Crippen molar-refractivity contribution < 1.29 is 9.84 Å². The summed E-state index contributed by atoms with van der Waals surface area (Å²) in [6.07, 6.45) is 2.07. The molecule has 4 heteroatoms. The van der Waals surface area contributed by atoms with Gasteiger partial charge in [-0.2, -0.15) is 0 Å². The first-order valence-electron chi connectivity index (χ1n) is 9.09. The molecule has 0 aliphatic carbocycles. The van der Waals surface area contributed by atoms with E-state index >= 15 is 0 Å². The summed E-state index contributed by atoms with van der Waals surface area (Å²) in [5, 5.41) is 12.5. The fraction of sp³-hybridized carbons (Fsp3) is 0.524. The van der Waals surface area contributed by atoms with Gasteiger partial charge in [-0.25, -0.2) is 0 Å². The van der Waals surface area contributed by atoms with Crippen molar-refractivity contribution >= 4 is 10.8 Å². The van der Waals surface area contributed by atoms with Gasteiger partial charge in [0.25, 0.3) is 0 Å². The lowest BCUT2D eigenvalue weighted by Gasteiger charge is -2.42. The number of aliphatic hydroxyl groups is 1. The third-order valence-electron chi connectivity index (χ3n) is 5.50. The Hall–Kier alpha value is -1.62. The first-order chi connectivity index (χ1) is 12.1. The molecule has 1 aliphatic heterocycles. The first-order valence-corrected chi connectivity index (χ1v) is 9.09. The van der Waals surface area contributed by atoms with Crippen LogP contribution in [-0.2, 0) is 6.54 Å². The molecule has 4 nitrogen and oxygen atoms in total. The fourth-order valence-corrected chi connectivity index (χ4v) is 4.12. The number of hydrogen-bond acceptors (Lipinski definition) is 4. The van der Waals surface area contributed by atoms with E-state index in [1.165, 1.54) is 16.3 Å². The van der Waals surface area contributed by atoms with E-state index in [0.717, 1.165) is 44.8 Å². The second kappa shape index (κ2) is 7.73. The lowest BCUT2D eigenvalue weighted by molar-refractivity contribution is 0.0218. The number of methoxy groups -OCH3 is 1. The summed E-state index contributed by atoms with van der Waals surface area (Å²) in [5.41, 5.74) is 1.31. The Bertz CT molecular complexity index is 706. The lowest BCUT2D eigenvalue weighted by atomic mass is 9.78. The molecule has 1 fully saturated rings. The molecule has 1 N–H and O–H groups in total. The maximum absolute atomic E-state index is 9.92. The van der Waals surface area contributed by atoms with Crippen molar-refractivity contribution in [2.45, 2.75) is 19.4 Å². The van der Waals surface area contributed by atoms with Crippen LogP contribution < -0.4 is 4.74 Å². The largest absolute Gasteiger partial charge is 0.496 e. The summed E-state index contributed by atoms with van der Waals surface area (Å²) in [4.78, 5) is 4.69. The molecule has 3 rings (SSSR count). The Balaban J connectivity index is 1.77. The Morgan fingerprint density at radius 1 is 1.12 bits per heavy atom. The molecule has 0 atom stereocenters. The van der Waals surface area contributed by atoms with Crippen molar-refractivity contribution in [1.29, 1.82) is 0 Å². The van der Waals surface area contributed by atoms with E-state index in [4.69, 9.17) is 4.74 Å². The highest BCUT2D eigenvalue weighted by Crippen LogP contribution is 2.34. The third-order valence-corrected chi connectivity index (χ3v) is 5.50. The summed E-state index contributed by atoms with van der Waals surface area (Å²) in [5.74, 6) is 0.964. The zero-order valence-electron chi connectivity index (χ0n) is 15.7. The predicted molar refractivity (Wildman–Crippen MR) is 103 cm³/mol. The van der Waals surface area contributed by atoms with Gasteiger partial charge >= 0.3 is 0 Å². The highest BCUT2D eigenvalue weighted by molar-refractivity contribution is 5.87. The van der Waals surface area contributed by atoms with E-state index < -0.39 is 0 Å². The van der Waals surface area contributed by atoms with Crippen LogP contribution in [0.3, 0.4) is 0 Å². The molecule has 0 radical (unpaired) electrons. The van der Waals surface area contributed by atoms with Gasteiger partial charge in [-0.1, -0.05) is 30.3 Å². The summed E-state index contributed by atoms with van der Waals surface area (Å²) < 4.78 is 5.64. The van der Waals surface area contributed by atoms with Gasteiger partial charge in [-0.15, -0.1) is 0 Å². The molecular formula is C21H30N2O2. The SMILES string of the molecule is COc1ccc2ccccc2c1CN1CCC(CO)(CN(C)C)CC1. The minimum atomic E-state index is 0.0445. The van der Waals surface area contributed by atoms with Crippen LogP contribution in [-0.4, -0.2) is 62.4 Å². The summed E-state index contributed by atoms with van der Waals surface area (Å²) >= 11 is 0. The van der Waals surface area contributed by atoms with Gasteiger partial charge in [-0.3, -0.25) is 4.90 Å². The van der Waals surface area contributed by atoms with Crippen LogP contribution in [0.25, 0.3) is 10.8 Å². The monoisotopic (exact) mass is 342 g/mol. The van der Waals surface area contributed by atoms with Gasteiger partial charge in [0.05, 0.1) is 13.7 Å². The minimum absolute atomic E-state index is 0.0445. The van der Waals surface area contributed by atoms with Gasteiger partial charge in [0.2, 0.25) is 0 Å². The van der Waals surface area contributed by atoms with Crippen LogP contribution in [0.2, 0.25) is 0 Å². The average molecular weight is 342 g/mol. The second-order valence-electron chi connectivity index (χ2n) is 7.64. The van der Waals surface area contributed by atoms with Crippen LogP contribution in [0.5, 0.6) is 5.75 Å². The van der Waals surface area contributed by atoms with E-state index in [-0.39, 0.29) is 12.0 Å². The topological polar surface area (TPSA) is 35.9 Å². The maximum Gasteiger partial charge on any atom is 0.123 e. The molecule has 1 heterocycles. The normalized spacial score (nSPS) is 18.0. The molecule has 1 saturated heterocycles. The zero-order chi connectivity index (χ0) is 17.9. The van der Waals surface area contributed by atoms with Gasteiger partial charge in [0.15, 0.2) is 0 Å². The Morgan fingerprint density at radius 3 is 2.48 bits per heavy atom. The number of piperidine rings is 1.